The van der Waals surface area contributed by atoms with E-state index in [-0.39, 0.29) is 44.3 Å². The summed E-state index contributed by atoms with van der Waals surface area (Å²) in [6.07, 6.45) is 2.66. The highest BCUT2D eigenvalue weighted by atomic mass is 19.2. The molecule has 170 valence electrons. The van der Waals surface area contributed by atoms with Gasteiger partial charge in [0.1, 0.15) is 28.5 Å². The maximum atomic E-state index is 14.9. The van der Waals surface area contributed by atoms with Crippen molar-refractivity contribution in [3.8, 4) is 16.8 Å². The molecule has 3 aromatic heterocycles. The Balaban J connectivity index is 1.94. The van der Waals surface area contributed by atoms with Crippen LogP contribution in [0.4, 0.5) is 17.6 Å². The van der Waals surface area contributed by atoms with Gasteiger partial charge in [-0.15, -0.1) is 0 Å². The molecular weight excluding hydrogens is 452 g/mol. The molecule has 0 unspecified atom stereocenters. The number of nitrogens with zero attached hydrogens (tertiary/aromatic N) is 4. The molecule has 0 spiro atoms. The summed E-state index contributed by atoms with van der Waals surface area (Å²) in [5.74, 6) is -5.04. The molecule has 10 heteroatoms. The number of benzene rings is 2. The lowest BCUT2D eigenvalue weighted by molar-refractivity contribution is 0.0699. The number of halogens is 4. The number of carboxylic acids is 1. The molecule has 6 nitrogen and oxygen atoms in total. The van der Waals surface area contributed by atoms with Crippen molar-refractivity contribution in [2.24, 2.45) is 0 Å². The summed E-state index contributed by atoms with van der Waals surface area (Å²) in [6.45, 7) is 1.76. The number of pyridine rings is 2. The van der Waals surface area contributed by atoms with Crippen molar-refractivity contribution in [3.63, 3.8) is 0 Å². The Bertz CT molecular complexity index is 1630. The minimum absolute atomic E-state index is 0.0533. The molecule has 0 fully saturated rings. The molecule has 0 saturated carbocycles. The van der Waals surface area contributed by atoms with Crippen LogP contribution in [0.1, 0.15) is 23.1 Å². The van der Waals surface area contributed by atoms with Crippen LogP contribution in [-0.4, -0.2) is 30.6 Å². The molecule has 0 saturated heterocycles. The van der Waals surface area contributed by atoms with Crippen LogP contribution >= 0.6 is 0 Å². The number of hydrogen-bond donors (Lipinski definition) is 1. The number of imidazole rings is 1. The van der Waals surface area contributed by atoms with E-state index in [1.54, 1.807) is 6.92 Å². The molecule has 5 aromatic rings. The van der Waals surface area contributed by atoms with Crippen molar-refractivity contribution in [1.82, 2.24) is 19.5 Å². The highest BCUT2D eigenvalue weighted by Crippen LogP contribution is 2.34. The van der Waals surface area contributed by atoms with E-state index < -0.39 is 29.4 Å². The van der Waals surface area contributed by atoms with Crippen molar-refractivity contribution in [2.75, 3.05) is 0 Å². The molecule has 0 amide bonds. The zero-order valence-electron chi connectivity index (χ0n) is 17.5. The Morgan fingerprint density at radius 2 is 1.71 bits per heavy atom. The third-order valence-corrected chi connectivity index (χ3v) is 5.54. The maximum absolute atomic E-state index is 14.9. The van der Waals surface area contributed by atoms with E-state index in [1.807, 2.05) is 0 Å². The Hall–Kier alpha value is -4.34. The first-order valence-corrected chi connectivity index (χ1v) is 10.1. The minimum atomic E-state index is -1.34. The Morgan fingerprint density at radius 3 is 2.44 bits per heavy atom. The first-order valence-electron chi connectivity index (χ1n) is 10.1. The van der Waals surface area contributed by atoms with Crippen LogP contribution in [-0.2, 0) is 6.42 Å². The smallest absolute Gasteiger partial charge is 0.337 e. The zero-order valence-corrected chi connectivity index (χ0v) is 17.5. The van der Waals surface area contributed by atoms with Crippen LogP contribution in [0, 0.1) is 23.4 Å². The summed E-state index contributed by atoms with van der Waals surface area (Å²) >= 11 is 0. The van der Waals surface area contributed by atoms with Gasteiger partial charge in [0.15, 0.2) is 5.82 Å². The van der Waals surface area contributed by atoms with Gasteiger partial charge < -0.3 is 5.11 Å². The second kappa shape index (κ2) is 7.91. The van der Waals surface area contributed by atoms with Gasteiger partial charge in [0.05, 0.1) is 22.2 Å². The Morgan fingerprint density at radius 1 is 0.971 bits per heavy atom. The molecule has 0 atom stereocenters. The number of carboxylic acid groups (broad SMARTS) is 1. The normalized spacial score (nSPS) is 11.4. The van der Waals surface area contributed by atoms with E-state index >= 15 is 0 Å². The third kappa shape index (κ3) is 3.18. The second-order valence-corrected chi connectivity index (χ2v) is 7.46. The fourth-order valence-corrected chi connectivity index (χ4v) is 4.05. The van der Waals surface area contributed by atoms with Crippen molar-refractivity contribution >= 4 is 27.9 Å². The predicted molar refractivity (Wildman–Crippen MR) is 116 cm³/mol. The lowest BCUT2D eigenvalue weighted by Gasteiger charge is -2.13. The molecular formula is C24H14F4N4O2. The Kier molecular flexibility index (Phi) is 5.00. The van der Waals surface area contributed by atoms with E-state index in [1.165, 1.54) is 35.0 Å². The molecule has 0 bridgehead atoms. The van der Waals surface area contributed by atoms with Crippen LogP contribution in [0.25, 0.3) is 38.8 Å². The fourth-order valence-electron chi connectivity index (χ4n) is 4.05. The predicted octanol–water partition coefficient (Wildman–Crippen LogP) is 5.45. The van der Waals surface area contributed by atoms with Crippen LogP contribution in [0.2, 0.25) is 0 Å². The quantitative estimate of drug-likeness (QED) is 0.281. The standard InChI is InChI=1S/C24H14F4N4O2/c1-2-18-31-21-13(24(33)34)9-11(12-5-7-30-23(28)20(12)27)10-17(21)32(18)16-6-8-29-22-15(26)4-3-14(25)19(16)22/h3-10H,2H2,1H3,(H,33,34). The molecule has 5 rings (SSSR count). The average Bonchev–Trinajstić information content (AvgIpc) is 3.20. The number of hydrogen-bond acceptors (Lipinski definition) is 4. The molecule has 0 radical (unpaired) electrons. The molecule has 3 heterocycles. The van der Waals surface area contributed by atoms with E-state index in [9.17, 15) is 27.5 Å². The van der Waals surface area contributed by atoms with Gasteiger partial charge >= 0.3 is 5.97 Å². The van der Waals surface area contributed by atoms with Gasteiger partial charge in [-0.1, -0.05) is 6.92 Å². The number of rotatable bonds is 4. The molecule has 2 aromatic carbocycles. The first kappa shape index (κ1) is 21.5. The minimum Gasteiger partial charge on any atom is -0.478 e. The van der Waals surface area contributed by atoms with Crippen molar-refractivity contribution < 1.29 is 27.5 Å². The van der Waals surface area contributed by atoms with Gasteiger partial charge in [0, 0.05) is 24.4 Å². The van der Waals surface area contributed by atoms with Crippen LogP contribution in [0.15, 0.2) is 48.8 Å². The maximum Gasteiger partial charge on any atom is 0.337 e. The van der Waals surface area contributed by atoms with Gasteiger partial charge in [-0.05, 0) is 42.0 Å². The van der Waals surface area contributed by atoms with E-state index in [2.05, 4.69) is 15.0 Å². The summed E-state index contributed by atoms with van der Waals surface area (Å²) in [4.78, 5) is 23.7. The lowest BCUT2D eigenvalue weighted by atomic mass is 10.0. The second-order valence-electron chi connectivity index (χ2n) is 7.46. The zero-order chi connectivity index (χ0) is 24.1. The average molecular weight is 466 g/mol. The van der Waals surface area contributed by atoms with Crippen LogP contribution < -0.4 is 0 Å². The fraction of sp³-hybridized carbons (Fsp3) is 0.0833. The van der Waals surface area contributed by atoms with E-state index in [0.717, 1.165) is 18.3 Å². The topological polar surface area (TPSA) is 80.9 Å². The van der Waals surface area contributed by atoms with Crippen molar-refractivity contribution in [2.45, 2.75) is 13.3 Å². The van der Waals surface area contributed by atoms with E-state index in [4.69, 9.17) is 0 Å². The van der Waals surface area contributed by atoms with Crippen LogP contribution in [0.3, 0.4) is 0 Å². The van der Waals surface area contributed by atoms with Gasteiger partial charge in [-0.3, -0.25) is 9.55 Å². The molecule has 0 aliphatic carbocycles. The summed E-state index contributed by atoms with van der Waals surface area (Å²) in [5, 5.41) is 9.70. The molecule has 34 heavy (non-hydrogen) atoms. The van der Waals surface area contributed by atoms with E-state index in [0.29, 0.717) is 12.2 Å². The largest absolute Gasteiger partial charge is 0.478 e. The summed E-state index contributed by atoms with van der Waals surface area (Å²) in [5.41, 5.74) is -0.196. The summed E-state index contributed by atoms with van der Waals surface area (Å²) in [6, 6.07) is 7.20. The SMILES string of the molecule is CCc1nc2c(C(=O)O)cc(-c3ccnc(F)c3F)cc2n1-c1ccnc2c(F)ccc(F)c12. The number of fused-ring (bicyclic) bond motifs is 2. The van der Waals surface area contributed by atoms with Crippen LogP contribution in [0.5, 0.6) is 0 Å². The highest BCUT2D eigenvalue weighted by molar-refractivity contribution is 6.04. The molecule has 0 aliphatic rings. The Labute approximate surface area is 189 Å². The number of aromatic carboxylic acids is 1. The van der Waals surface area contributed by atoms with Gasteiger partial charge in [0.25, 0.3) is 0 Å². The third-order valence-electron chi connectivity index (χ3n) is 5.54. The van der Waals surface area contributed by atoms with Gasteiger partial charge in [0.2, 0.25) is 5.95 Å². The van der Waals surface area contributed by atoms with Gasteiger partial charge in [-0.25, -0.2) is 27.9 Å². The number of aryl methyl sites for hydroxylation is 1. The number of aromatic nitrogens is 4. The highest BCUT2D eigenvalue weighted by Gasteiger charge is 2.23. The summed E-state index contributed by atoms with van der Waals surface area (Å²) in [7, 11) is 0. The first-order chi connectivity index (χ1) is 16.3. The molecule has 1 N–H and O–H groups in total. The van der Waals surface area contributed by atoms with Gasteiger partial charge in [-0.2, -0.15) is 4.39 Å². The monoisotopic (exact) mass is 466 g/mol. The molecule has 0 aliphatic heterocycles. The summed E-state index contributed by atoms with van der Waals surface area (Å²) < 4.78 is 59.1. The number of carbonyl (C=O) groups is 1. The lowest BCUT2D eigenvalue weighted by Crippen LogP contribution is -2.04. The van der Waals surface area contributed by atoms with Crippen molar-refractivity contribution in [3.05, 3.63) is 83.6 Å². The van der Waals surface area contributed by atoms with Crippen molar-refractivity contribution in [1.29, 1.82) is 0 Å².